The van der Waals surface area contributed by atoms with Gasteiger partial charge in [0.15, 0.2) is 0 Å². The number of benzene rings is 3. The maximum absolute atomic E-state index is 13.8. The first kappa shape index (κ1) is 22.0. The SMILES string of the molecule is O=C(Nc1ccccc1)c1c(-c2ccccc2)c2c3n(c(-c4ccc(Cl)c(Cl)c4)cn13)CCCC2. The lowest BCUT2D eigenvalue weighted by Gasteiger charge is -2.10. The Labute approximate surface area is 213 Å². The van der Waals surface area contributed by atoms with Crippen LogP contribution in [0.25, 0.3) is 28.0 Å². The van der Waals surface area contributed by atoms with Crippen LogP contribution in [0.5, 0.6) is 0 Å². The first-order valence-electron chi connectivity index (χ1n) is 11.8. The monoisotopic (exact) mass is 499 g/mol. The van der Waals surface area contributed by atoms with Gasteiger partial charge in [0.25, 0.3) is 5.91 Å². The zero-order chi connectivity index (χ0) is 23.9. The molecule has 5 aromatic rings. The molecule has 3 heterocycles. The summed E-state index contributed by atoms with van der Waals surface area (Å²) in [5.41, 5.74) is 7.75. The number of hydrogen-bond acceptors (Lipinski definition) is 1. The summed E-state index contributed by atoms with van der Waals surface area (Å²) in [7, 11) is 0. The number of carbonyl (C=O) groups excluding carboxylic acids is 1. The standard InChI is InChI=1S/C29H23Cl2N3O/c30-23-15-14-20(17-24(23)31)25-18-34-27(28(35)32-21-11-5-2-6-12-21)26(19-9-3-1-4-10-19)22-13-7-8-16-33(25)29(22)34/h1-6,9-12,14-15,17-18H,7-8,13,16H2,(H,32,35). The molecule has 174 valence electrons. The van der Waals surface area contributed by atoms with Crippen molar-refractivity contribution in [3.05, 3.63) is 106 Å². The minimum absolute atomic E-state index is 0.130. The molecule has 6 rings (SSSR count). The van der Waals surface area contributed by atoms with Crippen molar-refractivity contribution >= 4 is 40.4 Å². The predicted molar refractivity (Wildman–Crippen MR) is 144 cm³/mol. The fourth-order valence-electron chi connectivity index (χ4n) is 5.12. The molecule has 0 unspecified atom stereocenters. The van der Waals surface area contributed by atoms with Gasteiger partial charge in [0.05, 0.1) is 15.7 Å². The van der Waals surface area contributed by atoms with Gasteiger partial charge in [-0.1, -0.05) is 77.8 Å². The normalized spacial score (nSPS) is 13.1. The lowest BCUT2D eigenvalue weighted by atomic mass is 9.98. The Morgan fingerprint density at radius 2 is 1.57 bits per heavy atom. The molecule has 1 N–H and O–H groups in total. The summed E-state index contributed by atoms with van der Waals surface area (Å²) in [6, 6.07) is 25.5. The number of aromatic nitrogens is 2. The average molecular weight is 500 g/mol. The molecule has 0 bridgehead atoms. The van der Waals surface area contributed by atoms with Crippen molar-refractivity contribution in [3.8, 4) is 22.4 Å². The highest BCUT2D eigenvalue weighted by Gasteiger charge is 2.29. The number of halogens is 2. The molecule has 0 saturated heterocycles. The predicted octanol–water partition coefficient (Wildman–Crippen LogP) is 7.97. The Balaban J connectivity index is 1.62. The van der Waals surface area contributed by atoms with Crippen LogP contribution in [0.3, 0.4) is 0 Å². The summed E-state index contributed by atoms with van der Waals surface area (Å²) in [5, 5.41) is 4.16. The zero-order valence-corrected chi connectivity index (χ0v) is 20.5. The van der Waals surface area contributed by atoms with E-state index >= 15 is 0 Å². The number of carbonyl (C=O) groups is 1. The first-order valence-corrected chi connectivity index (χ1v) is 12.5. The lowest BCUT2D eigenvalue weighted by molar-refractivity contribution is 0.102. The molecule has 0 aliphatic carbocycles. The van der Waals surface area contributed by atoms with Crippen LogP contribution in [0.4, 0.5) is 5.69 Å². The second kappa shape index (κ2) is 8.95. The summed E-state index contributed by atoms with van der Waals surface area (Å²) in [4.78, 5) is 13.8. The quantitative estimate of drug-likeness (QED) is 0.267. The van der Waals surface area contributed by atoms with Crippen LogP contribution in [0, 0.1) is 0 Å². The molecule has 1 aliphatic heterocycles. The van der Waals surface area contributed by atoms with Crippen molar-refractivity contribution < 1.29 is 4.79 Å². The van der Waals surface area contributed by atoms with Gasteiger partial charge in [0.2, 0.25) is 0 Å². The summed E-state index contributed by atoms with van der Waals surface area (Å²) in [6.07, 6.45) is 5.10. The molecule has 4 nitrogen and oxygen atoms in total. The van der Waals surface area contributed by atoms with E-state index in [2.05, 4.69) is 32.6 Å². The molecule has 3 aromatic carbocycles. The van der Waals surface area contributed by atoms with Crippen molar-refractivity contribution in [2.24, 2.45) is 0 Å². The van der Waals surface area contributed by atoms with Crippen LogP contribution in [0.15, 0.2) is 85.1 Å². The van der Waals surface area contributed by atoms with Crippen LogP contribution < -0.4 is 5.32 Å². The van der Waals surface area contributed by atoms with Crippen molar-refractivity contribution in [2.75, 3.05) is 5.32 Å². The van der Waals surface area contributed by atoms with Gasteiger partial charge >= 0.3 is 0 Å². The number of nitrogens with one attached hydrogen (secondary N) is 1. The number of para-hydroxylation sites is 1. The zero-order valence-electron chi connectivity index (χ0n) is 19.0. The highest BCUT2D eigenvalue weighted by Crippen LogP contribution is 2.40. The summed E-state index contributed by atoms with van der Waals surface area (Å²) in [5.74, 6) is -0.130. The molecule has 0 saturated carbocycles. The Morgan fingerprint density at radius 3 is 2.31 bits per heavy atom. The molecule has 0 atom stereocenters. The van der Waals surface area contributed by atoms with Gasteiger partial charge in [-0.2, -0.15) is 0 Å². The third kappa shape index (κ3) is 3.83. The number of anilines is 1. The Kier molecular flexibility index (Phi) is 5.63. The Bertz CT molecular complexity index is 1550. The number of rotatable bonds is 4. The van der Waals surface area contributed by atoms with E-state index in [-0.39, 0.29) is 5.91 Å². The van der Waals surface area contributed by atoms with Crippen molar-refractivity contribution in [1.82, 2.24) is 8.97 Å². The first-order chi connectivity index (χ1) is 17.1. The van der Waals surface area contributed by atoms with Gasteiger partial charge in [-0.05, 0) is 49.1 Å². The van der Waals surface area contributed by atoms with Crippen LogP contribution in [0.1, 0.15) is 28.9 Å². The van der Waals surface area contributed by atoms with Gasteiger partial charge in [0, 0.05) is 35.1 Å². The van der Waals surface area contributed by atoms with Crippen LogP contribution in [-0.2, 0) is 13.0 Å². The highest BCUT2D eigenvalue weighted by molar-refractivity contribution is 6.42. The van der Waals surface area contributed by atoms with Crippen LogP contribution in [0.2, 0.25) is 10.0 Å². The molecule has 35 heavy (non-hydrogen) atoms. The number of amides is 1. The molecule has 2 aromatic heterocycles. The molecule has 0 fully saturated rings. The number of imidazole rings is 1. The van der Waals surface area contributed by atoms with Gasteiger partial charge < -0.3 is 9.88 Å². The molecule has 0 radical (unpaired) electrons. The molecule has 1 amide bonds. The van der Waals surface area contributed by atoms with Crippen molar-refractivity contribution in [2.45, 2.75) is 25.8 Å². The number of hydrogen-bond donors (Lipinski definition) is 1. The molecular weight excluding hydrogens is 477 g/mol. The van der Waals surface area contributed by atoms with Crippen molar-refractivity contribution in [3.63, 3.8) is 0 Å². The maximum Gasteiger partial charge on any atom is 0.273 e. The van der Waals surface area contributed by atoms with Crippen LogP contribution >= 0.6 is 23.2 Å². The van der Waals surface area contributed by atoms with Gasteiger partial charge in [-0.3, -0.25) is 9.20 Å². The molecule has 1 aliphatic rings. The van der Waals surface area contributed by atoms with Crippen LogP contribution in [-0.4, -0.2) is 14.9 Å². The Morgan fingerprint density at radius 1 is 0.829 bits per heavy atom. The number of aryl methyl sites for hydroxylation is 2. The summed E-state index contributed by atoms with van der Waals surface area (Å²) >= 11 is 12.6. The van der Waals surface area contributed by atoms with E-state index in [1.165, 1.54) is 5.56 Å². The second-order valence-corrected chi connectivity index (χ2v) is 9.65. The van der Waals surface area contributed by atoms with E-state index < -0.39 is 0 Å². The summed E-state index contributed by atoms with van der Waals surface area (Å²) < 4.78 is 4.40. The van der Waals surface area contributed by atoms with E-state index in [0.717, 1.165) is 59.5 Å². The van der Waals surface area contributed by atoms with E-state index in [1.54, 1.807) is 0 Å². The fraction of sp³-hybridized carbons (Fsp3) is 0.138. The maximum atomic E-state index is 13.8. The van der Waals surface area contributed by atoms with E-state index in [0.29, 0.717) is 15.7 Å². The Hall–Kier alpha value is -3.47. The van der Waals surface area contributed by atoms with E-state index in [4.69, 9.17) is 23.2 Å². The third-order valence-corrected chi connectivity index (χ3v) is 7.40. The van der Waals surface area contributed by atoms with Crippen molar-refractivity contribution in [1.29, 1.82) is 0 Å². The third-order valence-electron chi connectivity index (χ3n) is 6.66. The topological polar surface area (TPSA) is 38.4 Å². The minimum Gasteiger partial charge on any atom is -0.325 e. The highest BCUT2D eigenvalue weighted by atomic mass is 35.5. The average Bonchev–Trinajstić information content (AvgIpc) is 3.30. The lowest BCUT2D eigenvalue weighted by Crippen LogP contribution is -2.15. The largest absolute Gasteiger partial charge is 0.325 e. The minimum atomic E-state index is -0.130. The van der Waals surface area contributed by atoms with E-state index in [9.17, 15) is 4.79 Å². The van der Waals surface area contributed by atoms with Gasteiger partial charge in [-0.25, -0.2) is 0 Å². The fourth-order valence-corrected chi connectivity index (χ4v) is 5.42. The summed E-state index contributed by atoms with van der Waals surface area (Å²) in [6.45, 7) is 0.872. The molecule has 0 spiro atoms. The van der Waals surface area contributed by atoms with Gasteiger partial charge in [-0.15, -0.1) is 0 Å². The van der Waals surface area contributed by atoms with Gasteiger partial charge in [0.1, 0.15) is 11.3 Å². The number of nitrogens with zero attached hydrogens (tertiary/aromatic N) is 2. The second-order valence-electron chi connectivity index (χ2n) is 8.83. The molecular formula is C29H23Cl2N3O. The molecule has 6 heteroatoms. The van der Waals surface area contributed by atoms with E-state index in [1.807, 2.05) is 66.7 Å². The smallest absolute Gasteiger partial charge is 0.273 e.